The van der Waals surface area contributed by atoms with E-state index in [0.29, 0.717) is 0 Å². The van der Waals surface area contributed by atoms with Crippen molar-refractivity contribution in [1.82, 2.24) is 9.97 Å². The van der Waals surface area contributed by atoms with Gasteiger partial charge < -0.3 is 5.11 Å². The molecule has 2 rings (SSSR count). The molecule has 0 radical (unpaired) electrons. The molecule has 0 amide bonds. The van der Waals surface area contributed by atoms with Gasteiger partial charge in [-0.1, -0.05) is 37.1 Å². The van der Waals surface area contributed by atoms with E-state index in [9.17, 15) is 5.11 Å². The molecule has 1 aromatic carbocycles. The van der Waals surface area contributed by atoms with Crippen LogP contribution in [0.25, 0.3) is 11.4 Å². The quantitative estimate of drug-likeness (QED) is 0.896. The van der Waals surface area contributed by atoms with Crippen LogP contribution in [0.4, 0.5) is 0 Å². The van der Waals surface area contributed by atoms with E-state index >= 15 is 0 Å². The molecule has 0 atom stereocenters. The molecule has 94 valence electrons. The number of hydrogen-bond donors (Lipinski definition) is 1. The first kappa shape index (κ1) is 12.7. The second kappa shape index (κ2) is 5.74. The summed E-state index contributed by atoms with van der Waals surface area (Å²) >= 11 is 0. The van der Waals surface area contributed by atoms with Crippen molar-refractivity contribution >= 4 is 0 Å². The highest BCUT2D eigenvalue weighted by Crippen LogP contribution is 2.18. The molecular weight excluding hydrogens is 224 g/mol. The van der Waals surface area contributed by atoms with E-state index in [1.807, 2.05) is 12.1 Å². The lowest BCUT2D eigenvalue weighted by Crippen LogP contribution is -2.02. The molecule has 0 unspecified atom stereocenters. The van der Waals surface area contributed by atoms with Gasteiger partial charge in [-0.25, -0.2) is 9.97 Å². The molecule has 1 heterocycles. The van der Waals surface area contributed by atoms with Crippen LogP contribution in [-0.2, 0) is 13.0 Å². The number of aliphatic hydroxyl groups is 1. The Morgan fingerprint density at radius 2 is 2.11 bits per heavy atom. The topological polar surface area (TPSA) is 46.0 Å². The monoisotopic (exact) mass is 242 g/mol. The number of nitrogens with zero attached hydrogens (tertiary/aromatic N) is 2. The summed E-state index contributed by atoms with van der Waals surface area (Å²) in [5, 5.41) is 9.27. The molecule has 0 fully saturated rings. The number of aliphatic hydroxyl groups excluding tert-OH is 1. The first-order chi connectivity index (χ1) is 8.74. The smallest absolute Gasteiger partial charge is 0.159 e. The minimum Gasteiger partial charge on any atom is -0.392 e. The van der Waals surface area contributed by atoms with Crippen molar-refractivity contribution in [2.24, 2.45) is 0 Å². The first-order valence-corrected chi connectivity index (χ1v) is 6.27. The summed E-state index contributed by atoms with van der Waals surface area (Å²) in [4.78, 5) is 8.91. The van der Waals surface area contributed by atoms with Crippen molar-refractivity contribution in [3.63, 3.8) is 0 Å². The lowest BCUT2D eigenvalue weighted by atomic mass is 10.1. The predicted octanol–water partition coefficient (Wildman–Crippen LogP) is 2.90. The van der Waals surface area contributed by atoms with Gasteiger partial charge in [0.1, 0.15) is 0 Å². The molecule has 1 aromatic heterocycles. The summed E-state index contributed by atoms with van der Waals surface area (Å²) < 4.78 is 0. The number of benzene rings is 1. The molecule has 3 nitrogen and oxygen atoms in total. The summed E-state index contributed by atoms with van der Waals surface area (Å²) in [6.45, 7) is 4.16. The Morgan fingerprint density at radius 1 is 1.28 bits per heavy atom. The van der Waals surface area contributed by atoms with Crippen LogP contribution in [0, 0.1) is 6.92 Å². The lowest BCUT2D eigenvalue weighted by molar-refractivity contribution is 0.279. The van der Waals surface area contributed by atoms with Gasteiger partial charge in [0.05, 0.1) is 6.61 Å². The van der Waals surface area contributed by atoms with Crippen LogP contribution in [0.3, 0.4) is 0 Å². The fourth-order valence-electron chi connectivity index (χ4n) is 1.95. The Bertz CT molecular complexity index is 538. The molecule has 0 bridgehead atoms. The van der Waals surface area contributed by atoms with Crippen molar-refractivity contribution < 1.29 is 5.11 Å². The van der Waals surface area contributed by atoms with Crippen molar-refractivity contribution in [3.05, 3.63) is 47.3 Å². The van der Waals surface area contributed by atoms with Crippen LogP contribution in [0.2, 0.25) is 0 Å². The number of aryl methyl sites for hydroxylation is 2. The van der Waals surface area contributed by atoms with Gasteiger partial charge in [0, 0.05) is 23.0 Å². The van der Waals surface area contributed by atoms with Crippen LogP contribution in [-0.4, -0.2) is 15.1 Å². The summed E-state index contributed by atoms with van der Waals surface area (Å²) in [7, 11) is 0. The third kappa shape index (κ3) is 2.74. The van der Waals surface area contributed by atoms with E-state index in [1.54, 1.807) is 6.20 Å². The fourth-order valence-corrected chi connectivity index (χ4v) is 1.95. The van der Waals surface area contributed by atoms with E-state index in [0.717, 1.165) is 35.5 Å². The van der Waals surface area contributed by atoms with Crippen molar-refractivity contribution in [3.8, 4) is 11.4 Å². The SMILES string of the molecule is CCCc1nc(-c2cccc(C)c2)ncc1CO. The fraction of sp³-hybridized carbons (Fsp3) is 0.333. The third-order valence-electron chi connectivity index (χ3n) is 2.89. The van der Waals surface area contributed by atoms with E-state index < -0.39 is 0 Å². The highest BCUT2D eigenvalue weighted by molar-refractivity contribution is 5.56. The van der Waals surface area contributed by atoms with E-state index in [-0.39, 0.29) is 6.61 Å². The Hall–Kier alpha value is -1.74. The van der Waals surface area contributed by atoms with Gasteiger partial charge in [-0.15, -0.1) is 0 Å². The van der Waals surface area contributed by atoms with Gasteiger partial charge in [-0.3, -0.25) is 0 Å². The van der Waals surface area contributed by atoms with E-state index in [2.05, 4.69) is 35.9 Å². The summed E-state index contributed by atoms with van der Waals surface area (Å²) in [6.07, 6.45) is 3.62. The first-order valence-electron chi connectivity index (χ1n) is 6.27. The number of rotatable bonds is 4. The van der Waals surface area contributed by atoms with Crippen molar-refractivity contribution in [1.29, 1.82) is 0 Å². The number of aromatic nitrogens is 2. The molecule has 2 aromatic rings. The molecule has 18 heavy (non-hydrogen) atoms. The van der Waals surface area contributed by atoms with Gasteiger partial charge in [0.25, 0.3) is 0 Å². The molecule has 0 saturated heterocycles. The maximum absolute atomic E-state index is 9.27. The van der Waals surface area contributed by atoms with Crippen molar-refractivity contribution in [2.45, 2.75) is 33.3 Å². The number of hydrogen-bond acceptors (Lipinski definition) is 3. The average molecular weight is 242 g/mol. The zero-order valence-electron chi connectivity index (χ0n) is 10.8. The minimum atomic E-state index is 0.00340. The largest absolute Gasteiger partial charge is 0.392 e. The molecule has 0 saturated carbocycles. The standard InChI is InChI=1S/C15H18N2O/c1-3-5-14-13(10-18)9-16-15(17-14)12-7-4-6-11(2)8-12/h4,6-9,18H,3,5,10H2,1-2H3. The Kier molecular flexibility index (Phi) is 4.05. The average Bonchev–Trinajstić information content (AvgIpc) is 2.39. The molecule has 0 aliphatic heterocycles. The second-order valence-corrected chi connectivity index (χ2v) is 4.44. The van der Waals surface area contributed by atoms with Gasteiger partial charge in [0.15, 0.2) is 5.82 Å². The van der Waals surface area contributed by atoms with Crippen LogP contribution in [0.1, 0.15) is 30.2 Å². The Balaban J connectivity index is 2.43. The highest BCUT2D eigenvalue weighted by atomic mass is 16.3. The summed E-state index contributed by atoms with van der Waals surface area (Å²) in [5.41, 5.74) is 4.00. The normalized spacial score (nSPS) is 10.6. The molecule has 0 aliphatic rings. The van der Waals surface area contributed by atoms with Crippen LogP contribution >= 0.6 is 0 Å². The third-order valence-corrected chi connectivity index (χ3v) is 2.89. The zero-order valence-corrected chi connectivity index (χ0v) is 10.8. The van der Waals surface area contributed by atoms with Crippen LogP contribution < -0.4 is 0 Å². The molecule has 0 aliphatic carbocycles. The second-order valence-electron chi connectivity index (χ2n) is 4.44. The van der Waals surface area contributed by atoms with Gasteiger partial charge in [-0.2, -0.15) is 0 Å². The van der Waals surface area contributed by atoms with Gasteiger partial charge >= 0.3 is 0 Å². The highest BCUT2D eigenvalue weighted by Gasteiger charge is 2.07. The molecular formula is C15H18N2O. The zero-order chi connectivity index (χ0) is 13.0. The maximum atomic E-state index is 9.27. The molecule has 3 heteroatoms. The molecule has 1 N–H and O–H groups in total. The van der Waals surface area contributed by atoms with Crippen LogP contribution in [0.15, 0.2) is 30.5 Å². The summed E-state index contributed by atoms with van der Waals surface area (Å²) in [5.74, 6) is 0.736. The van der Waals surface area contributed by atoms with E-state index in [4.69, 9.17) is 0 Å². The van der Waals surface area contributed by atoms with Crippen LogP contribution in [0.5, 0.6) is 0 Å². The van der Waals surface area contributed by atoms with Gasteiger partial charge in [0.2, 0.25) is 0 Å². The predicted molar refractivity (Wildman–Crippen MR) is 72.1 cm³/mol. The van der Waals surface area contributed by atoms with Gasteiger partial charge in [-0.05, 0) is 19.4 Å². The minimum absolute atomic E-state index is 0.00340. The maximum Gasteiger partial charge on any atom is 0.159 e. The Labute approximate surface area is 108 Å². The summed E-state index contributed by atoms with van der Waals surface area (Å²) in [6, 6.07) is 8.15. The molecule has 0 spiro atoms. The van der Waals surface area contributed by atoms with E-state index in [1.165, 1.54) is 5.56 Å². The Morgan fingerprint density at radius 3 is 2.78 bits per heavy atom. The van der Waals surface area contributed by atoms with Crippen molar-refractivity contribution in [2.75, 3.05) is 0 Å². The lowest BCUT2D eigenvalue weighted by Gasteiger charge is -2.08.